The Morgan fingerprint density at radius 3 is 2.45 bits per heavy atom. The maximum atomic E-state index is 6.24. The molecule has 0 amide bonds. The fourth-order valence-electron chi connectivity index (χ4n) is 5.23. The van der Waals surface area contributed by atoms with Crippen molar-refractivity contribution < 1.29 is 0 Å². The molecule has 1 saturated heterocycles. The normalized spacial score (nSPS) is 16.8. The van der Waals surface area contributed by atoms with Crippen molar-refractivity contribution in [2.45, 2.75) is 25.8 Å². The summed E-state index contributed by atoms with van der Waals surface area (Å²) >= 11 is 12.4. The van der Waals surface area contributed by atoms with Crippen LogP contribution < -0.4 is 10.7 Å². The molecule has 3 aromatic carbocycles. The summed E-state index contributed by atoms with van der Waals surface area (Å²) in [5.41, 5.74) is 6.73. The van der Waals surface area contributed by atoms with E-state index in [4.69, 9.17) is 33.2 Å². The van der Waals surface area contributed by atoms with Gasteiger partial charge in [0.25, 0.3) is 0 Å². The van der Waals surface area contributed by atoms with E-state index in [9.17, 15) is 0 Å². The first-order valence-electron chi connectivity index (χ1n) is 13.1. The molecule has 1 atom stereocenters. The third-order valence-electron chi connectivity index (χ3n) is 7.15. The standard InChI is InChI=1S/C31H29Cl2N5/c1-2-37-17-5-6-24(20-37)35-28-19-31-29(18-27(28)34-23-13-9-21(32)10-14-23)36-26-7-3-4-8-30(26)38(31)25-15-11-22(33)12-16-25/h3-4,7-16,18-19,24,34H,2,5-6,17,20H2,1H3. The van der Waals surface area contributed by atoms with Gasteiger partial charge in [0.15, 0.2) is 0 Å². The van der Waals surface area contributed by atoms with Gasteiger partial charge < -0.3 is 14.8 Å². The largest absolute Gasteiger partial charge is 0.354 e. The van der Waals surface area contributed by atoms with Gasteiger partial charge in [0.1, 0.15) is 0 Å². The molecular weight excluding hydrogens is 513 g/mol. The van der Waals surface area contributed by atoms with E-state index in [1.807, 2.05) is 66.7 Å². The molecule has 0 radical (unpaired) electrons. The van der Waals surface area contributed by atoms with Gasteiger partial charge in [-0.3, -0.25) is 4.99 Å². The summed E-state index contributed by atoms with van der Waals surface area (Å²) in [5.74, 6) is 0. The molecule has 5 nitrogen and oxygen atoms in total. The first kappa shape index (κ1) is 24.9. The lowest BCUT2D eigenvalue weighted by Crippen LogP contribution is -2.38. The zero-order chi connectivity index (χ0) is 26.1. The summed E-state index contributed by atoms with van der Waals surface area (Å²) in [7, 11) is 0. The second-order valence-corrected chi connectivity index (χ2v) is 10.6. The molecule has 192 valence electrons. The minimum Gasteiger partial charge on any atom is -0.354 e. The molecule has 2 aliphatic heterocycles. The third kappa shape index (κ3) is 5.14. The van der Waals surface area contributed by atoms with Crippen LogP contribution in [0.4, 0.5) is 11.4 Å². The molecule has 0 aromatic heterocycles. The van der Waals surface area contributed by atoms with Crippen LogP contribution in [0, 0.1) is 0 Å². The van der Waals surface area contributed by atoms with E-state index in [0.29, 0.717) is 10.0 Å². The van der Waals surface area contributed by atoms with Gasteiger partial charge in [-0.15, -0.1) is 0 Å². The lowest BCUT2D eigenvalue weighted by Gasteiger charge is -2.29. The summed E-state index contributed by atoms with van der Waals surface area (Å²) in [6, 6.07) is 28.4. The number of nitrogens with zero attached hydrogens (tertiary/aromatic N) is 4. The van der Waals surface area contributed by atoms with E-state index in [0.717, 1.165) is 77.3 Å². The SMILES string of the molecule is CCN1CCCC(N=c2cc3n(-c4ccc(Cl)cc4)c4ccccc4nc-3cc2Nc2ccc(Cl)cc2)C1. The van der Waals surface area contributed by atoms with Gasteiger partial charge in [0.05, 0.1) is 39.5 Å². The minimum atomic E-state index is 0.240. The number of likely N-dealkylation sites (N-methyl/N-ethyl adjacent to an activating group) is 1. The molecule has 0 saturated carbocycles. The van der Waals surface area contributed by atoms with Gasteiger partial charge in [0.2, 0.25) is 0 Å². The van der Waals surface area contributed by atoms with E-state index >= 15 is 0 Å². The van der Waals surface area contributed by atoms with Crippen LogP contribution in [0.15, 0.2) is 89.9 Å². The highest BCUT2D eigenvalue weighted by Gasteiger charge is 2.20. The van der Waals surface area contributed by atoms with Crippen molar-refractivity contribution in [2.24, 2.45) is 4.99 Å². The van der Waals surface area contributed by atoms with Crippen molar-refractivity contribution in [2.75, 3.05) is 25.0 Å². The van der Waals surface area contributed by atoms with Crippen molar-refractivity contribution >= 4 is 45.6 Å². The summed E-state index contributed by atoms with van der Waals surface area (Å²) in [4.78, 5) is 12.8. The molecule has 38 heavy (non-hydrogen) atoms. The molecule has 3 aromatic rings. The average Bonchev–Trinajstić information content (AvgIpc) is 2.94. The number of anilines is 2. The maximum absolute atomic E-state index is 6.24. The predicted molar refractivity (Wildman–Crippen MR) is 158 cm³/mol. The number of piperidine rings is 1. The first-order valence-corrected chi connectivity index (χ1v) is 13.8. The summed E-state index contributed by atoms with van der Waals surface area (Å²) in [6.07, 6.45) is 2.24. The topological polar surface area (TPSA) is 45.5 Å². The summed E-state index contributed by atoms with van der Waals surface area (Å²) in [5, 5.41) is 5.93. The molecule has 1 fully saturated rings. The van der Waals surface area contributed by atoms with Crippen LogP contribution in [0.2, 0.25) is 10.0 Å². The zero-order valence-corrected chi connectivity index (χ0v) is 22.8. The molecule has 3 aliphatic rings. The number of rotatable bonds is 5. The molecule has 1 N–H and O–H groups in total. The number of likely N-dealkylation sites (tertiary alicyclic amines) is 1. The zero-order valence-electron chi connectivity index (χ0n) is 21.2. The van der Waals surface area contributed by atoms with E-state index in [1.54, 1.807) is 0 Å². The van der Waals surface area contributed by atoms with Gasteiger partial charge in [-0.1, -0.05) is 42.3 Å². The fraction of sp³-hybridized carbons (Fsp3) is 0.226. The van der Waals surface area contributed by atoms with E-state index in [2.05, 4.69) is 39.9 Å². The van der Waals surface area contributed by atoms with Gasteiger partial charge in [-0.25, -0.2) is 4.98 Å². The van der Waals surface area contributed by atoms with Gasteiger partial charge in [-0.2, -0.15) is 0 Å². The number of para-hydroxylation sites is 2. The Labute approximate surface area is 232 Å². The average molecular weight is 543 g/mol. The van der Waals surface area contributed by atoms with E-state index in [-0.39, 0.29) is 6.04 Å². The molecule has 2 heterocycles. The highest BCUT2D eigenvalue weighted by atomic mass is 35.5. The van der Waals surface area contributed by atoms with Crippen molar-refractivity contribution in [1.82, 2.24) is 14.5 Å². The van der Waals surface area contributed by atoms with Crippen molar-refractivity contribution in [3.63, 3.8) is 0 Å². The summed E-state index contributed by atoms with van der Waals surface area (Å²) in [6.45, 7) is 5.38. The third-order valence-corrected chi connectivity index (χ3v) is 7.66. The monoisotopic (exact) mass is 541 g/mol. The van der Waals surface area contributed by atoms with Crippen LogP contribution >= 0.6 is 23.2 Å². The van der Waals surface area contributed by atoms with Crippen LogP contribution in [0.5, 0.6) is 0 Å². The van der Waals surface area contributed by atoms with Gasteiger partial charge in [0, 0.05) is 28.0 Å². The Bertz CT molecular complexity index is 1610. The molecule has 0 bridgehead atoms. The lowest BCUT2D eigenvalue weighted by atomic mass is 10.1. The van der Waals surface area contributed by atoms with Crippen molar-refractivity contribution in [3.8, 4) is 17.1 Å². The molecule has 1 aliphatic carbocycles. The van der Waals surface area contributed by atoms with Crippen LogP contribution in [0.1, 0.15) is 19.8 Å². The van der Waals surface area contributed by atoms with Crippen molar-refractivity contribution in [1.29, 1.82) is 0 Å². The van der Waals surface area contributed by atoms with Crippen LogP contribution in [-0.2, 0) is 0 Å². The Morgan fingerprint density at radius 1 is 0.947 bits per heavy atom. The molecule has 7 heteroatoms. The molecule has 1 unspecified atom stereocenters. The van der Waals surface area contributed by atoms with E-state index in [1.165, 1.54) is 0 Å². The second-order valence-electron chi connectivity index (χ2n) is 9.72. The maximum Gasteiger partial charge on any atom is 0.0900 e. The van der Waals surface area contributed by atoms with Crippen LogP contribution in [0.25, 0.3) is 28.1 Å². The number of aromatic nitrogens is 2. The quantitative estimate of drug-likeness (QED) is 0.233. The number of hydrogen-bond donors (Lipinski definition) is 1. The molecule has 6 rings (SSSR count). The number of hydrogen-bond acceptors (Lipinski definition) is 4. The Balaban J connectivity index is 1.59. The van der Waals surface area contributed by atoms with Crippen LogP contribution in [-0.4, -0.2) is 40.1 Å². The number of nitrogens with one attached hydrogen (secondary N) is 1. The van der Waals surface area contributed by atoms with Crippen molar-refractivity contribution in [3.05, 3.63) is 100 Å². The predicted octanol–water partition coefficient (Wildman–Crippen LogP) is 7.57. The first-order chi connectivity index (χ1) is 18.6. The Kier molecular flexibility index (Phi) is 7.07. The van der Waals surface area contributed by atoms with E-state index < -0.39 is 0 Å². The Hall–Kier alpha value is -3.38. The van der Waals surface area contributed by atoms with Gasteiger partial charge in [-0.05, 0) is 98.7 Å². The Morgan fingerprint density at radius 2 is 1.68 bits per heavy atom. The summed E-state index contributed by atoms with van der Waals surface area (Å²) < 4.78 is 2.25. The highest BCUT2D eigenvalue weighted by molar-refractivity contribution is 6.30. The minimum absolute atomic E-state index is 0.240. The molecular formula is C31H29Cl2N5. The fourth-order valence-corrected chi connectivity index (χ4v) is 5.48. The number of fused-ring (bicyclic) bond motifs is 2. The van der Waals surface area contributed by atoms with Crippen LogP contribution in [0.3, 0.4) is 0 Å². The number of benzene rings is 4. The van der Waals surface area contributed by atoms with Gasteiger partial charge >= 0.3 is 0 Å². The second kappa shape index (κ2) is 10.8. The smallest absolute Gasteiger partial charge is 0.0900 e. The molecule has 0 spiro atoms. The lowest BCUT2D eigenvalue weighted by molar-refractivity contribution is 0.218. The number of halogens is 2. The highest BCUT2D eigenvalue weighted by Crippen LogP contribution is 2.31.